The highest BCUT2D eigenvalue weighted by Gasteiger charge is 2.20. The van der Waals surface area contributed by atoms with Crippen LogP contribution in [0.4, 0.5) is 0 Å². The molecule has 0 bridgehead atoms. The van der Waals surface area contributed by atoms with Crippen LogP contribution in [-0.2, 0) is 4.74 Å². The average molecular weight is 217 g/mol. The first-order valence-electron chi connectivity index (χ1n) is 5.41. The van der Waals surface area contributed by atoms with Gasteiger partial charge in [-0.15, -0.1) is 0 Å². The first kappa shape index (κ1) is 12.3. The molecule has 0 radical (unpaired) electrons. The maximum atomic E-state index is 5.71. The Hall–Kier alpha value is 0.270. The minimum absolute atomic E-state index is 0.00522. The Morgan fingerprint density at radius 2 is 2.14 bits per heavy atom. The smallest absolute Gasteiger partial charge is 0.0600 e. The zero-order chi connectivity index (χ0) is 10.6. The third kappa shape index (κ3) is 4.67. The van der Waals surface area contributed by atoms with Gasteiger partial charge in [-0.3, -0.25) is 0 Å². The lowest BCUT2D eigenvalue weighted by molar-refractivity contribution is -0.0135. The van der Waals surface area contributed by atoms with Crippen molar-refractivity contribution in [2.75, 3.05) is 31.7 Å². The van der Waals surface area contributed by atoms with Gasteiger partial charge in [0.05, 0.1) is 12.2 Å². The summed E-state index contributed by atoms with van der Waals surface area (Å²) >= 11 is 2.07. The molecule has 84 valence electrons. The first-order valence-corrected chi connectivity index (χ1v) is 6.56. The summed E-state index contributed by atoms with van der Waals surface area (Å²) < 4.78 is 5.71. The summed E-state index contributed by atoms with van der Waals surface area (Å²) in [6, 6.07) is 0.781. The lowest BCUT2D eigenvalue weighted by Crippen LogP contribution is -2.35. The molecule has 0 N–H and O–H groups in total. The molecule has 0 spiro atoms. The maximum Gasteiger partial charge on any atom is 0.0600 e. The normalized spacial score (nSPS) is 23.4. The Morgan fingerprint density at radius 3 is 2.64 bits per heavy atom. The minimum Gasteiger partial charge on any atom is -0.375 e. The summed E-state index contributed by atoms with van der Waals surface area (Å²) in [4.78, 5) is 2.44. The van der Waals surface area contributed by atoms with Crippen molar-refractivity contribution in [2.45, 2.75) is 38.8 Å². The molecule has 1 rings (SSSR count). The third-order valence-electron chi connectivity index (χ3n) is 2.51. The van der Waals surface area contributed by atoms with E-state index in [9.17, 15) is 0 Å². The van der Waals surface area contributed by atoms with E-state index in [1.54, 1.807) is 0 Å². The standard InChI is InChI=1S/C11H23NOS/c1-11(2,3)13-7-6-12(4)10-5-8-14-9-10/h10H,5-9H2,1-4H3/t10-/m0/s1. The summed E-state index contributed by atoms with van der Waals surface area (Å²) in [7, 11) is 2.21. The molecule has 0 aliphatic carbocycles. The molecule has 1 aliphatic heterocycles. The van der Waals surface area contributed by atoms with Gasteiger partial charge in [0, 0.05) is 18.3 Å². The van der Waals surface area contributed by atoms with E-state index < -0.39 is 0 Å². The van der Waals surface area contributed by atoms with Gasteiger partial charge in [-0.2, -0.15) is 11.8 Å². The Balaban J connectivity index is 2.11. The van der Waals surface area contributed by atoms with Crippen molar-refractivity contribution in [1.29, 1.82) is 0 Å². The van der Waals surface area contributed by atoms with Gasteiger partial charge in [0.1, 0.15) is 0 Å². The molecule has 1 heterocycles. The minimum atomic E-state index is 0.00522. The predicted octanol–water partition coefficient (Wildman–Crippen LogP) is 2.24. The molecule has 1 fully saturated rings. The van der Waals surface area contributed by atoms with Crippen molar-refractivity contribution in [3.05, 3.63) is 0 Å². The summed E-state index contributed by atoms with van der Waals surface area (Å²) in [6.07, 6.45) is 1.34. The first-order chi connectivity index (χ1) is 6.49. The van der Waals surface area contributed by atoms with Crippen LogP contribution in [-0.4, -0.2) is 48.2 Å². The molecule has 3 heteroatoms. The van der Waals surface area contributed by atoms with E-state index in [0.29, 0.717) is 0 Å². The molecule has 1 saturated heterocycles. The second-order valence-electron chi connectivity index (χ2n) is 4.96. The number of nitrogens with zero attached hydrogens (tertiary/aromatic N) is 1. The van der Waals surface area contributed by atoms with Crippen molar-refractivity contribution < 1.29 is 4.74 Å². The van der Waals surface area contributed by atoms with Crippen molar-refractivity contribution in [3.63, 3.8) is 0 Å². The molecule has 0 aromatic carbocycles. The third-order valence-corrected chi connectivity index (χ3v) is 3.65. The van der Waals surface area contributed by atoms with E-state index in [-0.39, 0.29) is 5.60 Å². The van der Waals surface area contributed by atoms with Crippen LogP contribution in [0.25, 0.3) is 0 Å². The quantitative estimate of drug-likeness (QED) is 0.716. The van der Waals surface area contributed by atoms with E-state index in [4.69, 9.17) is 4.74 Å². The number of hydrogen-bond donors (Lipinski definition) is 0. The molecular formula is C11H23NOS. The molecule has 0 aromatic heterocycles. The molecule has 0 saturated carbocycles. The molecule has 0 aromatic rings. The second kappa shape index (κ2) is 5.38. The monoisotopic (exact) mass is 217 g/mol. The molecule has 14 heavy (non-hydrogen) atoms. The number of rotatable bonds is 4. The van der Waals surface area contributed by atoms with Crippen LogP contribution in [0.15, 0.2) is 0 Å². The van der Waals surface area contributed by atoms with E-state index >= 15 is 0 Å². The van der Waals surface area contributed by atoms with Crippen LogP contribution in [0, 0.1) is 0 Å². The lowest BCUT2D eigenvalue weighted by Gasteiger charge is -2.26. The predicted molar refractivity (Wildman–Crippen MR) is 64.1 cm³/mol. The van der Waals surface area contributed by atoms with Crippen LogP contribution in [0.2, 0.25) is 0 Å². The van der Waals surface area contributed by atoms with E-state index in [1.165, 1.54) is 17.9 Å². The zero-order valence-electron chi connectivity index (χ0n) is 9.88. The summed E-state index contributed by atoms with van der Waals surface area (Å²) in [6.45, 7) is 8.24. The highest BCUT2D eigenvalue weighted by Crippen LogP contribution is 2.21. The SMILES string of the molecule is CN(CCOC(C)(C)C)[C@H]1CCSC1. The summed E-state index contributed by atoms with van der Waals surface area (Å²) in [5, 5.41) is 0. The van der Waals surface area contributed by atoms with Crippen molar-refractivity contribution in [2.24, 2.45) is 0 Å². The Bertz CT molecular complexity index is 161. The zero-order valence-corrected chi connectivity index (χ0v) is 10.7. The fraction of sp³-hybridized carbons (Fsp3) is 1.00. The largest absolute Gasteiger partial charge is 0.375 e. The Labute approximate surface area is 92.4 Å². The second-order valence-corrected chi connectivity index (χ2v) is 6.11. The molecule has 1 aliphatic rings. The molecular weight excluding hydrogens is 194 g/mol. The van der Waals surface area contributed by atoms with Gasteiger partial charge in [0.25, 0.3) is 0 Å². The Morgan fingerprint density at radius 1 is 1.43 bits per heavy atom. The number of ether oxygens (including phenoxy) is 1. The summed E-state index contributed by atoms with van der Waals surface area (Å²) in [5.41, 5.74) is 0.00522. The molecule has 1 atom stereocenters. The van der Waals surface area contributed by atoms with Crippen molar-refractivity contribution >= 4 is 11.8 Å². The highest BCUT2D eigenvalue weighted by molar-refractivity contribution is 7.99. The summed E-state index contributed by atoms with van der Waals surface area (Å²) in [5.74, 6) is 2.63. The van der Waals surface area contributed by atoms with Gasteiger partial charge in [0.15, 0.2) is 0 Å². The maximum absolute atomic E-state index is 5.71. The van der Waals surface area contributed by atoms with Crippen molar-refractivity contribution in [3.8, 4) is 0 Å². The Kier molecular flexibility index (Phi) is 4.74. The van der Waals surface area contributed by atoms with E-state index in [0.717, 1.165) is 19.2 Å². The van der Waals surface area contributed by atoms with Crippen LogP contribution in [0.5, 0.6) is 0 Å². The van der Waals surface area contributed by atoms with Crippen LogP contribution in [0.1, 0.15) is 27.2 Å². The van der Waals surface area contributed by atoms with Gasteiger partial charge in [-0.1, -0.05) is 0 Å². The van der Waals surface area contributed by atoms with Crippen LogP contribution in [0.3, 0.4) is 0 Å². The highest BCUT2D eigenvalue weighted by atomic mass is 32.2. The fourth-order valence-electron chi connectivity index (χ4n) is 1.55. The van der Waals surface area contributed by atoms with E-state index in [1.807, 2.05) is 0 Å². The molecule has 0 unspecified atom stereocenters. The average Bonchev–Trinajstić information content (AvgIpc) is 2.53. The van der Waals surface area contributed by atoms with Gasteiger partial charge in [0.2, 0.25) is 0 Å². The lowest BCUT2D eigenvalue weighted by atomic mass is 10.2. The van der Waals surface area contributed by atoms with Gasteiger partial charge < -0.3 is 9.64 Å². The number of likely N-dealkylation sites (N-methyl/N-ethyl adjacent to an activating group) is 1. The van der Waals surface area contributed by atoms with Gasteiger partial charge in [-0.25, -0.2) is 0 Å². The molecule has 0 amide bonds. The fourth-order valence-corrected chi connectivity index (χ4v) is 2.85. The van der Waals surface area contributed by atoms with Gasteiger partial charge >= 0.3 is 0 Å². The topological polar surface area (TPSA) is 12.5 Å². The number of thioether (sulfide) groups is 1. The van der Waals surface area contributed by atoms with Crippen LogP contribution < -0.4 is 0 Å². The molecule has 2 nitrogen and oxygen atoms in total. The van der Waals surface area contributed by atoms with Crippen molar-refractivity contribution in [1.82, 2.24) is 4.90 Å². The number of hydrogen-bond acceptors (Lipinski definition) is 3. The van der Waals surface area contributed by atoms with Crippen LogP contribution >= 0.6 is 11.8 Å². The van der Waals surface area contributed by atoms with Gasteiger partial charge in [-0.05, 0) is 40.0 Å². The van der Waals surface area contributed by atoms with E-state index in [2.05, 4.69) is 44.5 Å².